The minimum absolute atomic E-state index is 0.132. The Morgan fingerprint density at radius 1 is 1.05 bits per heavy atom. The largest absolute Gasteiger partial charge is 0.496 e. The molecule has 22 heavy (non-hydrogen) atoms. The van der Waals surface area contributed by atoms with E-state index in [4.69, 9.17) is 14.2 Å². The Bertz CT molecular complexity index is 714. The van der Waals surface area contributed by atoms with Crippen molar-refractivity contribution in [1.82, 2.24) is 4.98 Å². The number of pyridine rings is 1. The molecule has 0 aliphatic rings. The number of nitrogens with one attached hydrogen (secondary N) is 2. The molecule has 0 unspecified atom stereocenters. The van der Waals surface area contributed by atoms with Gasteiger partial charge in [0.25, 0.3) is 5.91 Å². The third-order valence-corrected chi connectivity index (χ3v) is 2.97. The van der Waals surface area contributed by atoms with E-state index in [0.717, 1.165) is 0 Å². The molecule has 1 aromatic heterocycles. The van der Waals surface area contributed by atoms with Gasteiger partial charge in [-0.1, -0.05) is 6.07 Å². The second kappa shape index (κ2) is 6.66. The van der Waals surface area contributed by atoms with Gasteiger partial charge in [-0.05, 0) is 6.07 Å². The number of methoxy groups -OCH3 is 3. The Labute approximate surface area is 126 Å². The number of carbonyl (C=O) groups excluding carboxylic acids is 1. The molecule has 0 aliphatic heterocycles. The van der Waals surface area contributed by atoms with Crippen LogP contribution in [0.25, 0.3) is 0 Å². The molecule has 2 rings (SSSR count). The fraction of sp³-hybridized carbons (Fsp3) is 0.200. The number of hydrogen-bond acceptors (Lipinski definition) is 5. The van der Waals surface area contributed by atoms with E-state index < -0.39 is 5.91 Å². The minimum Gasteiger partial charge on any atom is -0.496 e. The van der Waals surface area contributed by atoms with Gasteiger partial charge in [-0.3, -0.25) is 9.59 Å². The Hall–Kier alpha value is -2.96. The number of H-pyrrole nitrogens is 1. The Morgan fingerprint density at radius 3 is 2.18 bits per heavy atom. The van der Waals surface area contributed by atoms with Gasteiger partial charge in [-0.25, -0.2) is 0 Å². The number of ether oxygens (including phenoxy) is 3. The van der Waals surface area contributed by atoms with E-state index in [1.807, 2.05) is 0 Å². The van der Waals surface area contributed by atoms with Crippen LogP contribution >= 0.6 is 0 Å². The molecule has 1 aromatic carbocycles. The van der Waals surface area contributed by atoms with Crippen molar-refractivity contribution < 1.29 is 19.0 Å². The topological polar surface area (TPSA) is 89.6 Å². The summed E-state index contributed by atoms with van der Waals surface area (Å²) in [5, 5.41) is 2.66. The van der Waals surface area contributed by atoms with Crippen LogP contribution in [0.5, 0.6) is 17.2 Å². The van der Waals surface area contributed by atoms with Crippen LogP contribution in [0.4, 0.5) is 5.69 Å². The second-order valence-corrected chi connectivity index (χ2v) is 4.29. The van der Waals surface area contributed by atoms with Crippen LogP contribution < -0.4 is 25.1 Å². The lowest BCUT2D eigenvalue weighted by Crippen LogP contribution is -2.18. The molecule has 0 fully saturated rings. The van der Waals surface area contributed by atoms with E-state index >= 15 is 0 Å². The summed E-state index contributed by atoms with van der Waals surface area (Å²) in [6.45, 7) is 0. The third kappa shape index (κ3) is 3.20. The maximum absolute atomic E-state index is 12.2. The van der Waals surface area contributed by atoms with E-state index in [1.165, 1.54) is 39.5 Å². The van der Waals surface area contributed by atoms with Crippen molar-refractivity contribution >= 4 is 11.6 Å². The van der Waals surface area contributed by atoms with Gasteiger partial charge < -0.3 is 24.5 Å². The number of anilines is 1. The van der Waals surface area contributed by atoms with Gasteiger partial charge in [0.2, 0.25) is 5.56 Å². The summed E-state index contributed by atoms with van der Waals surface area (Å²) in [5.74, 6) is 0.796. The van der Waals surface area contributed by atoms with Crippen molar-refractivity contribution in [2.75, 3.05) is 26.6 Å². The summed E-state index contributed by atoms with van der Waals surface area (Å²) >= 11 is 0. The molecule has 0 bridgehead atoms. The molecule has 2 N–H and O–H groups in total. The first-order valence-electron chi connectivity index (χ1n) is 6.39. The van der Waals surface area contributed by atoms with Crippen molar-refractivity contribution in [2.24, 2.45) is 0 Å². The standard InChI is InChI=1S/C15H16N2O5/c1-20-9-7-11(21-2)14(12(8-9)22-3)17-15(19)10-5-4-6-13(18)16-10/h4-8H,1-3H3,(H,16,18)(H,17,19). The van der Waals surface area contributed by atoms with Gasteiger partial charge in [0, 0.05) is 18.2 Å². The number of hydrogen-bond donors (Lipinski definition) is 2. The van der Waals surface area contributed by atoms with Crippen LogP contribution in [-0.4, -0.2) is 32.2 Å². The predicted octanol–water partition coefficient (Wildman–Crippen LogP) is 1.65. The highest BCUT2D eigenvalue weighted by atomic mass is 16.5. The summed E-state index contributed by atoms with van der Waals surface area (Å²) in [6.07, 6.45) is 0. The molecule has 1 heterocycles. The zero-order valence-corrected chi connectivity index (χ0v) is 12.4. The van der Waals surface area contributed by atoms with Gasteiger partial charge in [0.15, 0.2) is 0 Å². The molecular formula is C15H16N2O5. The normalized spacial score (nSPS) is 9.95. The van der Waals surface area contributed by atoms with Gasteiger partial charge in [-0.15, -0.1) is 0 Å². The highest BCUT2D eigenvalue weighted by Gasteiger charge is 2.17. The SMILES string of the molecule is COc1cc(OC)c(NC(=O)c2cccc(=O)[nH]2)c(OC)c1. The van der Waals surface area contributed by atoms with Crippen LogP contribution in [0.2, 0.25) is 0 Å². The molecule has 0 saturated heterocycles. The molecule has 116 valence electrons. The van der Waals surface area contributed by atoms with Crippen LogP contribution in [0.1, 0.15) is 10.5 Å². The highest BCUT2D eigenvalue weighted by molar-refractivity contribution is 6.04. The maximum Gasteiger partial charge on any atom is 0.272 e. The average Bonchev–Trinajstić information content (AvgIpc) is 2.54. The quantitative estimate of drug-likeness (QED) is 0.876. The first-order chi connectivity index (χ1) is 10.6. The fourth-order valence-electron chi connectivity index (χ4n) is 1.89. The van der Waals surface area contributed by atoms with E-state index in [0.29, 0.717) is 22.9 Å². The van der Waals surface area contributed by atoms with Gasteiger partial charge in [-0.2, -0.15) is 0 Å². The van der Waals surface area contributed by atoms with Gasteiger partial charge in [0.1, 0.15) is 28.6 Å². The van der Waals surface area contributed by atoms with Crippen LogP contribution in [0.3, 0.4) is 0 Å². The Kier molecular flexibility index (Phi) is 4.67. The zero-order chi connectivity index (χ0) is 16.1. The Morgan fingerprint density at radius 2 is 1.68 bits per heavy atom. The molecule has 7 nitrogen and oxygen atoms in total. The molecule has 0 aliphatic carbocycles. The van der Waals surface area contributed by atoms with E-state index in [9.17, 15) is 9.59 Å². The zero-order valence-electron chi connectivity index (χ0n) is 12.4. The monoisotopic (exact) mass is 304 g/mol. The second-order valence-electron chi connectivity index (χ2n) is 4.29. The number of aromatic amines is 1. The molecule has 0 radical (unpaired) electrons. The van der Waals surface area contributed by atoms with Crippen molar-refractivity contribution in [3.05, 3.63) is 46.4 Å². The molecular weight excluding hydrogens is 288 g/mol. The third-order valence-electron chi connectivity index (χ3n) is 2.97. The fourth-order valence-corrected chi connectivity index (χ4v) is 1.89. The first-order valence-corrected chi connectivity index (χ1v) is 6.39. The molecule has 0 saturated carbocycles. The number of carbonyl (C=O) groups is 1. The molecule has 0 atom stereocenters. The predicted molar refractivity (Wildman–Crippen MR) is 81.1 cm³/mol. The molecule has 0 spiro atoms. The smallest absolute Gasteiger partial charge is 0.272 e. The van der Waals surface area contributed by atoms with Crippen molar-refractivity contribution in [1.29, 1.82) is 0 Å². The number of aromatic nitrogens is 1. The lowest BCUT2D eigenvalue weighted by atomic mass is 10.2. The Balaban J connectivity index is 2.39. The lowest BCUT2D eigenvalue weighted by molar-refractivity contribution is 0.102. The molecule has 7 heteroatoms. The first kappa shape index (κ1) is 15.4. The summed E-state index contributed by atoms with van der Waals surface area (Å²) < 4.78 is 15.6. The molecule has 1 amide bonds. The maximum atomic E-state index is 12.2. The number of rotatable bonds is 5. The summed E-state index contributed by atoms with van der Waals surface area (Å²) in [7, 11) is 4.45. The van der Waals surface area contributed by atoms with Gasteiger partial charge in [0.05, 0.1) is 21.3 Å². The van der Waals surface area contributed by atoms with Crippen LogP contribution in [0.15, 0.2) is 35.1 Å². The van der Waals surface area contributed by atoms with E-state index in [1.54, 1.807) is 12.1 Å². The van der Waals surface area contributed by atoms with E-state index in [-0.39, 0.29) is 11.3 Å². The molecule has 2 aromatic rings. The highest BCUT2D eigenvalue weighted by Crippen LogP contribution is 2.38. The van der Waals surface area contributed by atoms with Crippen molar-refractivity contribution in [2.45, 2.75) is 0 Å². The van der Waals surface area contributed by atoms with Crippen LogP contribution in [0, 0.1) is 0 Å². The average molecular weight is 304 g/mol. The summed E-state index contributed by atoms with van der Waals surface area (Å²) in [4.78, 5) is 26.0. The number of amides is 1. The number of benzene rings is 1. The van der Waals surface area contributed by atoms with E-state index in [2.05, 4.69) is 10.3 Å². The minimum atomic E-state index is -0.487. The van der Waals surface area contributed by atoms with Crippen molar-refractivity contribution in [3.63, 3.8) is 0 Å². The lowest BCUT2D eigenvalue weighted by Gasteiger charge is -2.15. The van der Waals surface area contributed by atoms with Crippen molar-refractivity contribution in [3.8, 4) is 17.2 Å². The van der Waals surface area contributed by atoms with Gasteiger partial charge >= 0.3 is 0 Å². The van der Waals surface area contributed by atoms with Crippen LogP contribution in [-0.2, 0) is 0 Å². The summed E-state index contributed by atoms with van der Waals surface area (Å²) in [5.41, 5.74) is 0.120. The summed E-state index contributed by atoms with van der Waals surface area (Å²) in [6, 6.07) is 7.55.